The number of rotatable bonds is 7. The Morgan fingerprint density at radius 3 is 2.00 bits per heavy atom. The Hall–Kier alpha value is -4.70. The van der Waals surface area contributed by atoms with Gasteiger partial charge >= 0.3 is 11.9 Å². The van der Waals surface area contributed by atoms with Gasteiger partial charge in [-0.25, -0.2) is 4.79 Å². The van der Waals surface area contributed by atoms with Gasteiger partial charge in [0.1, 0.15) is 12.5 Å². The summed E-state index contributed by atoms with van der Waals surface area (Å²) in [6.45, 7) is 0.109. The first-order valence-corrected chi connectivity index (χ1v) is 12.7. The van der Waals surface area contributed by atoms with Crippen LogP contribution in [0.4, 0.5) is 0 Å². The zero-order valence-corrected chi connectivity index (χ0v) is 20.7. The normalized spacial score (nSPS) is 12.9. The zero-order valence-electron chi connectivity index (χ0n) is 20.7. The van der Waals surface area contributed by atoms with Crippen LogP contribution in [0.25, 0.3) is 21.9 Å². The molecule has 0 heterocycles. The lowest BCUT2D eigenvalue weighted by Gasteiger charge is -2.21. The summed E-state index contributed by atoms with van der Waals surface area (Å²) < 4.78 is 11.7. The van der Waals surface area contributed by atoms with E-state index in [0.717, 1.165) is 44.2 Å². The number of carbonyl (C=O) groups excluding carboxylic acids is 2. The maximum atomic E-state index is 13.8. The van der Waals surface area contributed by atoms with Crippen molar-refractivity contribution in [2.45, 2.75) is 25.0 Å². The van der Waals surface area contributed by atoms with Crippen molar-refractivity contribution in [3.8, 4) is 11.1 Å². The van der Waals surface area contributed by atoms with E-state index in [1.54, 1.807) is 0 Å². The van der Waals surface area contributed by atoms with Gasteiger partial charge in [-0.15, -0.1) is 0 Å². The molecule has 4 heteroatoms. The highest BCUT2D eigenvalue weighted by atomic mass is 16.6. The number of fused-ring (bicyclic) bond motifs is 4. The van der Waals surface area contributed by atoms with Crippen molar-refractivity contribution in [2.24, 2.45) is 0 Å². The topological polar surface area (TPSA) is 52.6 Å². The SMILES string of the molecule is O=C(O[C@H](Cc1cccc2ccccc12)C(=O)OCc1ccccc1)C1c2ccccc2-c2ccccc21. The van der Waals surface area contributed by atoms with Crippen LogP contribution < -0.4 is 0 Å². The molecular weight excluding hydrogens is 472 g/mol. The largest absolute Gasteiger partial charge is 0.458 e. The molecule has 0 N–H and O–H groups in total. The molecule has 5 aromatic carbocycles. The highest BCUT2D eigenvalue weighted by Gasteiger charge is 2.37. The van der Waals surface area contributed by atoms with Crippen molar-refractivity contribution in [3.63, 3.8) is 0 Å². The number of ether oxygens (including phenoxy) is 2. The molecule has 0 saturated heterocycles. The molecule has 1 aliphatic rings. The van der Waals surface area contributed by atoms with Gasteiger partial charge in [0.2, 0.25) is 6.10 Å². The van der Waals surface area contributed by atoms with E-state index >= 15 is 0 Å². The summed E-state index contributed by atoms with van der Waals surface area (Å²) in [4.78, 5) is 27.2. The summed E-state index contributed by atoms with van der Waals surface area (Å²) >= 11 is 0. The molecule has 0 amide bonds. The van der Waals surface area contributed by atoms with Crippen LogP contribution in [0.5, 0.6) is 0 Å². The van der Waals surface area contributed by atoms with Gasteiger partial charge in [-0.05, 0) is 44.2 Å². The van der Waals surface area contributed by atoms with Crippen molar-refractivity contribution >= 4 is 22.7 Å². The lowest BCUT2D eigenvalue weighted by molar-refractivity contribution is -0.169. The predicted octanol–water partition coefficient (Wildman–Crippen LogP) is 6.85. The van der Waals surface area contributed by atoms with Crippen LogP contribution in [-0.2, 0) is 32.1 Å². The van der Waals surface area contributed by atoms with E-state index in [0.29, 0.717) is 0 Å². The lowest BCUT2D eigenvalue weighted by atomic mass is 9.96. The molecule has 0 fully saturated rings. The molecule has 38 heavy (non-hydrogen) atoms. The fourth-order valence-corrected chi connectivity index (χ4v) is 5.28. The van der Waals surface area contributed by atoms with E-state index in [2.05, 4.69) is 0 Å². The Kier molecular flexibility index (Phi) is 6.45. The maximum absolute atomic E-state index is 13.8. The molecule has 0 spiro atoms. The van der Waals surface area contributed by atoms with Gasteiger partial charge in [-0.2, -0.15) is 0 Å². The van der Waals surface area contributed by atoms with Crippen LogP contribution in [0.1, 0.15) is 28.2 Å². The third kappa shape index (κ3) is 4.57. The monoisotopic (exact) mass is 498 g/mol. The Morgan fingerprint density at radius 1 is 0.658 bits per heavy atom. The number of carbonyl (C=O) groups is 2. The fourth-order valence-electron chi connectivity index (χ4n) is 5.28. The molecule has 1 atom stereocenters. The third-order valence-electron chi connectivity index (χ3n) is 7.10. The van der Waals surface area contributed by atoms with E-state index < -0.39 is 24.0 Å². The van der Waals surface area contributed by atoms with Crippen molar-refractivity contribution in [1.82, 2.24) is 0 Å². The summed E-state index contributed by atoms with van der Waals surface area (Å²) in [5, 5.41) is 2.08. The smallest absolute Gasteiger partial charge is 0.348 e. The molecular formula is C34H26O4. The van der Waals surface area contributed by atoms with Gasteiger partial charge in [-0.1, -0.05) is 121 Å². The molecule has 0 radical (unpaired) electrons. The van der Waals surface area contributed by atoms with Crippen molar-refractivity contribution < 1.29 is 19.1 Å². The predicted molar refractivity (Wildman–Crippen MR) is 147 cm³/mol. The van der Waals surface area contributed by atoms with Gasteiger partial charge in [0.05, 0.1) is 0 Å². The first-order valence-electron chi connectivity index (χ1n) is 12.7. The average Bonchev–Trinajstić information content (AvgIpc) is 3.31. The minimum absolute atomic E-state index is 0.109. The van der Waals surface area contributed by atoms with Crippen LogP contribution in [0.3, 0.4) is 0 Å². The summed E-state index contributed by atoms with van der Waals surface area (Å²) in [6.07, 6.45) is -0.867. The molecule has 0 aliphatic heterocycles. The second kappa shape index (κ2) is 10.3. The Balaban J connectivity index is 1.31. The summed E-state index contributed by atoms with van der Waals surface area (Å²) in [7, 11) is 0. The number of benzene rings is 5. The van der Waals surface area contributed by atoms with Crippen LogP contribution in [0, 0.1) is 0 Å². The van der Waals surface area contributed by atoms with Crippen LogP contribution in [0.15, 0.2) is 121 Å². The van der Waals surface area contributed by atoms with E-state index in [-0.39, 0.29) is 13.0 Å². The number of hydrogen-bond donors (Lipinski definition) is 0. The van der Waals surface area contributed by atoms with Crippen LogP contribution >= 0.6 is 0 Å². The van der Waals surface area contributed by atoms with E-state index in [9.17, 15) is 9.59 Å². The van der Waals surface area contributed by atoms with E-state index in [1.807, 2.05) is 121 Å². The zero-order chi connectivity index (χ0) is 25.9. The second-order valence-electron chi connectivity index (χ2n) is 9.47. The number of esters is 2. The summed E-state index contributed by atoms with van der Waals surface area (Å²) in [5.41, 5.74) is 5.60. The highest BCUT2D eigenvalue weighted by molar-refractivity contribution is 5.95. The van der Waals surface area contributed by atoms with Gasteiger partial charge in [-0.3, -0.25) is 4.79 Å². The van der Waals surface area contributed by atoms with Gasteiger partial charge in [0, 0.05) is 6.42 Å². The molecule has 0 saturated carbocycles. The molecule has 1 aliphatic carbocycles. The molecule has 186 valence electrons. The van der Waals surface area contributed by atoms with Gasteiger partial charge < -0.3 is 9.47 Å². The average molecular weight is 499 g/mol. The number of hydrogen-bond acceptors (Lipinski definition) is 4. The van der Waals surface area contributed by atoms with E-state index in [1.165, 1.54) is 0 Å². The minimum atomic E-state index is -1.09. The van der Waals surface area contributed by atoms with Gasteiger partial charge in [0.15, 0.2) is 0 Å². The Bertz CT molecular complexity index is 1570. The van der Waals surface area contributed by atoms with E-state index in [4.69, 9.17) is 9.47 Å². The molecule has 4 nitrogen and oxygen atoms in total. The minimum Gasteiger partial charge on any atom is -0.458 e. The highest BCUT2D eigenvalue weighted by Crippen LogP contribution is 2.45. The van der Waals surface area contributed by atoms with Crippen molar-refractivity contribution in [2.75, 3.05) is 0 Å². The quantitative estimate of drug-likeness (QED) is 0.230. The first-order chi connectivity index (χ1) is 18.7. The second-order valence-corrected chi connectivity index (χ2v) is 9.47. The molecule has 6 rings (SSSR count). The Morgan fingerprint density at radius 2 is 1.26 bits per heavy atom. The fraction of sp³-hybridized carbons (Fsp3) is 0.118. The van der Waals surface area contributed by atoms with Crippen LogP contribution in [0.2, 0.25) is 0 Å². The Labute approximate surface area is 221 Å². The van der Waals surface area contributed by atoms with Crippen molar-refractivity contribution in [1.29, 1.82) is 0 Å². The molecule has 0 bridgehead atoms. The third-order valence-corrected chi connectivity index (χ3v) is 7.10. The van der Waals surface area contributed by atoms with Gasteiger partial charge in [0.25, 0.3) is 0 Å². The summed E-state index contributed by atoms with van der Waals surface area (Å²) in [6, 6.07) is 39.1. The van der Waals surface area contributed by atoms with Crippen molar-refractivity contribution in [3.05, 3.63) is 144 Å². The standard InChI is InChI=1S/C34H26O4/c35-33(37-22-23-11-2-1-3-12-23)31(21-25-15-10-14-24-13-4-5-16-26(24)25)38-34(36)32-29-19-8-6-17-27(29)28-18-7-9-20-30(28)32/h1-20,31-32H,21-22H2/t31-/m1/s1. The summed E-state index contributed by atoms with van der Waals surface area (Å²) in [5.74, 6) is -1.61. The first kappa shape index (κ1) is 23.7. The maximum Gasteiger partial charge on any atom is 0.348 e. The molecule has 0 aromatic heterocycles. The lowest BCUT2D eigenvalue weighted by Crippen LogP contribution is -2.33. The molecule has 0 unspecified atom stereocenters. The molecule has 5 aromatic rings. The van der Waals surface area contributed by atoms with Crippen LogP contribution in [-0.4, -0.2) is 18.0 Å².